The van der Waals surface area contributed by atoms with E-state index in [2.05, 4.69) is 5.32 Å². The van der Waals surface area contributed by atoms with Gasteiger partial charge in [-0.3, -0.25) is 14.4 Å². The maximum Gasteiger partial charge on any atom is 0.314 e. The zero-order valence-electron chi connectivity index (χ0n) is 15.5. The fourth-order valence-electron chi connectivity index (χ4n) is 3.15. The monoisotopic (exact) mass is 384 g/mol. The van der Waals surface area contributed by atoms with E-state index in [0.717, 1.165) is 11.6 Å². The van der Waals surface area contributed by atoms with E-state index < -0.39 is 30.2 Å². The smallest absolute Gasteiger partial charge is 0.314 e. The van der Waals surface area contributed by atoms with Gasteiger partial charge in [-0.1, -0.05) is 36.4 Å². The molecule has 0 saturated heterocycles. The summed E-state index contributed by atoms with van der Waals surface area (Å²) in [5, 5.41) is 2.54. The van der Waals surface area contributed by atoms with Crippen LogP contribution in [0.5, 0.6) is 0 Å². The van der Waals surface area contributed by atoms with Crippen LogP contribution in [-0.2, 0) is 25.7 Å². The van der Waals surface area contributed by atoms with Gasteiger partial charge in [0.05, 0.1) is 5.92 Å². The second kappa shape index (κ2) is 8.65. The Labute approximate surface area is 162 Å². The van der Waals surface area contributed by atoms with E-state index in [9.17, 15) is 18.8 Å². The van der Waals surface area contributed by atoms with Gasteiger partial charge < -0.3 is 15.0 Å². The molecule has 1 N–H and O–H groups in total. The van der Waals surface area contributed by atoms with Gasteiger partial charge in [0, 0.05) is 25.2 Å². The number of rotatable bonds is 6. The quantitative estimate of drug-likeness (QED) is 0.777. The third-order valence-electron chi connectivity index (χ3n) is 4.63. The molecule has 2 aromatic carbocycles. The summed E-state index contributed by atoms with van der Waals surface area (Å²) < 4.78 is 18.6. The number of esters is 1. The lowest BCUT2D eigenvalue weighted by molar-refractivity contribution is -0.154. The van der Waals surface area contributed by atoms with Crippen LogP contribution in [0, 0.1) is 5.82 Å². The Morgan fingerprint density at radius 2 is 1.96 bits per heavy atom. The first-order valence-corrected chi connectivity index (χ1v) is 9.05. The molecule has 1 aliphatic rings. The van der Waals surface area contributed by atoms with Crippen LogP contribution in [0.1, 0.15) is 30.4 Å². The van der Waals surface area contributed by atoms with Crippen LogP contribution in [0.25, 0.3) is 0 Å². The summed E-state index contributed by atoms with van der Waals surface area (Å²) in [6, 6.07) is 13.3. The van der Waals surface area contributed by atoms with E-state index in [4.69, 9.17) is 4.74 Å². The fourth-order valence-corrected chi connectivity index (χ4v) is 3.15. The molecule has 7 heteroatoms. The minimum atomic E-state index is -0.860. The van der Waals surface area contributed by atoms with Crippen molar-refractivity contribution >= 4 is 23.5 Å². The molecule has 1 aliphatic heterocycles. The van der Waals surface area contributed by atoms with E-state index in [1.165, 1.54) is 12.1 Å². The molecule has 0 aromatic heterocycles. The number of halogens is 1. The van der Waals surface area contributed by atoms with Crippen molar-refractivity contribution in [1.29, 1.82) is 0 Å². The summed E-state index contributed by atoms with van der Waals surface area (Å²) in [6.45, 7) is 2.33. The molecule has 6 nitrogen and oxygen atoms in total. The van der Waals surface area contributed by atoms with Crippen molar-refractivity contribution in [2.24, 2.45) is 0 Å². The Balaban J connectivity index is 1.63. The number of ether oxygens (including phenoxy) is 1. The van der Waals surface area contributed by atoms with Crippen LogP contribution in [-0.4, -0.2) is 35.8 Å². The van der Waals surface area contributed by atoms with Gasteiger partial charge in [-0.05, 0) is 30.2 Å². The van der Waals surface area contributed by atoms with Gasteiger partial charge in [-0.2, -0.15) is 0 Å². The molecule has 0 saturated carbocycles. The van der Waals surface area contributed by atoms with Crippen molar-refractivity contribution in [1.82, 2.24) is 4.90 Å². The van der Waals surface area contributed by atoms with Gasteiger partial charge in [0.1, 0.15) is 5.82 Å². The molecule has 1 unspecified atom stereocenters. The molecule has 0 radical (unpaired) electrons. The lowest BCUT2D eigenvalue weighted by Gasteiger charge is -2.25. The number of nitrogens with one attached hydrogen (secondary N) is 1. The Kier molecular flexibility index (Phi) is 6.03. The topological polar surface area (TPSA) is 75.7 Å². The lowest BCUT2D eigenvalue weighted by atomic mass is 9.90. The number of hydrogen-bond acceptors (Lipinski definition) is 4. The van der Waals surface area contributed by atoms with E-state index >= 15 is 0 Å². The molecule has 0 fully saturated rings. The Bertz CT molecular complexity index is 885. The SMILES string of the molecule is CCN(Cc1ccccc1)C(=O)COC(=O)C1CC(=O)Nc2cc(F)ccc21. The zero-order valence-corrected chi connectivity index (χ0v) is 15.5. The molecule has 2 amide bonds. The Hall–Kier alpha value is -3.22. The highest BCUT2D eigenvalue weighted by Crippen LogP contribution is 2.33. The van der Waals surface area contributed by atoms with Gasteiger partial charge in [0.25, 0.3) is 5.91 Å². The minimum Gasteiger partial charge on any atom is -0.455 e. The number of amides is 2. The average Bonchev–Trinajstić information content (AvgIpc) is 2.69. The molecule has 1 atom stereocenters. The first kappa shape index (κ1) is 19.5. The van der Waals surface area contributed by atoms with Crippen LogP contribution >= 0.6 is 0 Å². The minimum absolute atomic E-state index is 0.104. The molecule has 1 heterocycles. The standard InChI is InChI=1S/C21H21FN2O4/c1-2-24(12-14-6-4-3-5-7-14)20(26)13-28-21(27)17-11-19(25)23-18-10-15(22)8-9-16(17)18/h3-10,17H,2,11-13H2,1H3,(H,23,25). The van der Waals surface area contributed by atoms with Crippen molar-refractivity contribution in [3.05, 3.63) is 65.5 Å². The van der Waals surface area contributed by atoms with E-state index in [1.807, 2.05) is 37.3 Å². The number of likely N-dealkylation sites (N-methyl/N-ethyl adjacent to an activating group) is 1. The number of hydrogen-bond donors (Lipinski definition) is 1. The second-order valence-electron chi connectivity index (χ2n) is 6.54. The predicted molar refractivity (Wildman–Crippen MR) is 101 cm³/mol. The Morgan fingerprint density at radius 3 is 2.68 bits per heavy atom. The number of fused-ring (bicyclic) bond motifs is 1. The van der Waals surface area contributed by atoms with Gasteiger partial charge in [-0.25, -0.2) is 4.39 Å². The highest BCUT2D eigenvalue weighted by molar-refractivity contribution is 6.00. The highest BCUT2D eigenvalue weighted by Gasteiger charge is 2.32. The highest BCUT2D eigenvalue weighted by atomic mass is 19.1. The second-order valence-corrected chi connectivity index (χ2v) is 6.54. The molecule has 0 spiro atoms. The normalized spacial score (nSPS) is 15.4. The first-order chi connectivity index (χ1) is 13.5. The number of carbonyl (C=O) groups is 3. The summed E-state index contributed by atoms with van der Waals surface area (Å²) in [5.74, 6) is -2.76. The maximum atomic E-state index is 13.4. The van der Waals surface area contributed by atoms with Gasteiger partial charge in [0.2, 0.25) is 5.91 Å². The number of carbonyl (C=O) groups excluding carboxylic acids is 3. The molecular formula is C21H21FN2O4. The summed E-state index contributed by atoms with van der Waals surface area (Å²) in [7, 11) is 0. The summed E-state index contributed by atoms with van der Waals surface area (Å²) in [4.78, 5) is 38.4. The fraction of sp³-hybridized carbons (Fsp3) is 0.286. The van der Waals surface area contributed by atoms with Crippen molar-refractivity contribution in [3.8, 4) is 0 Å². The first-order valence-electron chi connectivity index (χ1n) is 9.05. The van der Waals surface area contributed by atoms with Crippen LogP contribution in [0.3, 0.4) is 0 Å². The molecule has 2 aromatic rings. The molecule has 0 bridgehead atoms. The molecule has 0 aliphatic carbocycles. The molecule has 3 rings (SSSR count). The van der Waals surface area contributed by atoms with Crippen LogP contribution in [0.2, 0.25) is 0 Å². The lowest BCUT2D eigenvalue weighted by Crippen LogP contribution is -2.35. The van der Waals surface area contributed by atoms with Crippen molar-refractivity contribution < 1.29 is 23.5 Å². The van der Waals surface area contributed by atoms with Crippen LogP contribution in [0.15, 0.2) is 48.5 Å². The number of nitrogens with zero attached hydrogens (tertiary/aromatic N) is 1. The van der Waals surface area contributed by atoms with Crippen LogP contribution in [0.4, 0.5) is 10.1 Å². The van der Waals surface area contributed by atoms with Crippen LogP contribution < -0.4 is 5.32 Å². The van der Waals surface area contributed by atoms with E-state index in [-0.39, 0.29) is 18.0 Å². The van der Waals surface area contributed by atoms with Crippen molar-refractivity contribution in [3.63, 3.8) is 0 Å². The summed E-state index contributed by atoms with van der Waals surface area (Å²) in [6.07, 6.45) is -0.104. The third kappa shape index (κ3) is 4.54. The van der Waals surface area contributed by atoms with Gasteiger partial charge in [0.15, 0.2) is 6.61 Å². The average molecular weight is 384 g/mol. The number of benzene rings is 2. The Morgan fingerprint density at radius 1 is 1.21 bits per heavy atom. The maximum absolute atomic E-state index is 13.4. The van der Waals surface area contributed by atoms with Gasteiger partial charge >= 0.3 is 5.97 Å². The molecule has 28 heavy (non-hydrogen) atoms. The van der Waals surface area contributed by atoms with E-state index in [0.29, 0.717) is 18.7 Å². The molecule has 146 valence electrons. The van der Waals surface area contributed by atoms with E-state index in [1.54, 1.807) is 4.90 Å². The summed E-state index contributed by atoms with van der Waals surface area (Å²) >= 11 is 0. The van der Waals surface area contributed by atoms with Gasteiger partial charge in [-0.15, -0.1) is 0 Å². The van der Waals surface area contributed by atoms with Crippen molar-refractivity contribution in [2.45, 2.75) is 25.8 Å². The zero-order chi connectivity index (χ0) is 20.1. The largest absolute Gasteiger partial charge is 0.455 e. The molecular weight excluding hydrogens is 363 g/mol. The number of anilines is 1. The van der Waals surface area contributed by atoms with Crippen molar-refractivity contribution in [2.75, 3.05) is 18.5 Å². The predicted octanol–water partition coefficient (Wildman–Crippen LogP) is 2.84. The summed E-state index contributed by atoms with van der Waals surface area (Å²) in [5.41, 5.74) is 1.71. The third-order valence-corrected chi connectivity index (χ3v) is 4.63.